The van der Waals surface area contributed by atoms with E-state index in [2.05, 4.69) is 10.2 Å². The number of nitrogens with zero attached hydrogens (tertiary/aromatic N) is 1. The maximum atomic E-state index is 12.5. The summed E-state index contributed by atoms with van der Waals surface area (Å²) in [5.41, 5.74) is 0.776. The van der Waals surface area contributed by atoms with Gasteiger partial charge in [0.25, 0.3) is 0 Å². The van der Waals surface area contributed by atoms with Gasteiger partial charge in [-0.15, -0.1) is 0 Å². The van der Waals surface area contributed by atoms with Crippen LogP contribution in [-0.4, -0.2) is 51.8 Å². The van der Waals surface area contributed by atoms with Crippen molar-refractivity contribution in [2.75, 3.05) is 41.0 Å². The molecule has 1 fully saturated rings. The van der Waals surface area contributed by atoms with Crippen LogP contribution in [0.25, 0.3) is 6.08 Å². The van der Waals surface area contributed by atoms with Gasteiger partial charge in [-0.2, -0.15) is 0 Å². The Balaban J connectivity index is 1.66. The molecule has 1 aliphatic heterocycles. The molecule has 1 saturated heterocycles. The molecule has 3 rings (SSSR count). The number of furan rings is 1. The standard InChI is InChI=1S/C23H30N2O5/c1-27-20-14-17(15-21(28-2)23(20)29-3)9-10-22(26)24-16-18(19-8-7-13-30-19)25-11-5-4-6-12-25/h7-10,13-15,18H,4-6,11-12,16H2,1-3H3,(H,24,26)/b10-9+. The molecule has 0 aliphatic carbocycles. The van der Waals surface area contributed by atoms with Crippen molar-refractivity contribution in [3.05, 3.63) is 47.9 Å². The van der Waals surface area contributed by atoms with E-state index in [0.717, 1.165) is 24.4 Å². The molecule has 2 aromatic rings. The molecule has 0 saturated carbocycles. The van der Waals surface area contributed by atoms with Crippen LogP contribution in [0.3, 0.4) is 0 Å². The molecule has 1 unspecified atom stereocenters. The first kappa shape index (κ1) is 21.8. The van der Waals surface area contributed by atoms with Crippen LogP contribution in [0.4, 0.5) is 0 Å². The molecule has 162 valence electrons. The van der Waals surface area contributed by atoms with Crippen LogP contribution in [0.15, 0.2) is 41.0 Å². The Bertz CT molecular complexity index is 816. The van der Waals surface area contributed by atoms with Crippen LogP contribution < -0.4 is 19.5 Å². The van der Waals surface area contributed by atoms with Crippen molar-refractivity contribution in [1.29, 1.82) is 0 Å². The summed E-state index contributed by atoms with van der Waals surface area (Å²) < 4.78 is 21.7. The third kappa shape index (κ3) is 5.36. The molecular formula is C23H30N2O5. The van der Waals surface area contributed by atoms with Gasteiger partial charge in [0, 0.05) is 12.6 Å². The Labute approximate surface area is 177 Å². The molecular weight excluding hydrogens is 384 g/mol. The first-order valence-corrected chi connectivity index (χ1v) is 10.2. The highest BCUT2D eigenvalue weighted by Crippen LogP contribution is 2.38. The molecule has 2 heterocycles. The van der Waals surface area contributed by atoms with E-state index >= 15 is 0 Å². The highest BCUT2D eigenvalue weighted by Gasteiger charge is 2.24. The molecule has 1 amide bonds. The number of methoxy groups -OCH3 is 3. The number of hydrogen-bond donors (Lipinski definition) is 1. The Morgan fingerprint density at radius 3 is 2.40 bits per heavy atom. The predicted molar refractivity (Wildman–Crippen MR) is 115 cm³/mol. The van der Waals surface area contributed by atoms with Gasteiger partial charge in [0.15, 0.2) is 11.5 Å². The lowest BCUT2D eigenvalue weighted by molar-refractivity contribution is -0.116. The maximum Gasteiger partial charge on any atom is 0.244 e. The number of amides is 1. The third-order valence-corrected chi connectivity index (χ3v) is 5.29. The van der Waals surface area contributed by atoms with Crippen molar-refractivity contribution in [2.24, 2.45) is 0 Å². The summed E-state index contributed by atoms with van der Waals surface area (Å²) in [5.74, 6) is 2.31. The van der Waals surface area contributed by atoms with Crippen molar-refractivity contribution in [3.63, 3.8) is 0 Å². The zero-order valence-electron chi connectivity index (χ0n) is 17.8. The minimum atomic E-state index is -0.169. The highest BCUT2D eigenvalue weighted by atomic mass is 16.5. The molecule has 1 atom stereocenters. The van der Waals surface area contributed by atoms with Crippen LogP contribution in [0, 0.1) is 0 Å². The quantitative estimate of drug-likeness (QED) is 0.632. The Hall–Kier alpha value is -2.93. The molecule has 1 aromatic heterocycles. The van der Waals surface area contributed by atoms with E-state index < -0.39 is 0 Å². The first-order valence-electron chi connectivity index (χ1n) is 10.2. The second-order valence-corrected chi connectivity index (χ2v) is 7.17. The van der Waals surface area contributed by atoms with Gasteiger partial charge < -0.3 is 23.9 Å². The zero-order chi connectivity index (χ0) is 21.3. The lowest BCUT2D eigenvalue weighted by Gasteiger charge is -2.33. The average molecular weight is 415 g/mol. The van der Waals surface area contributed by atoms with Crippen LogP contribution in [0.1, 0.15) is 36.6 Å². The van der Waals surface area contributed by atoms with E-state index in [1.54, 1.807) is 45.8 Å². The summed E-state index contributed by atoms with van der Waals surface area (Å²) in [5, 5.41) is 3.00. The summed E-state index contributed by atoms with van der Waals surface area (Å²) in [4.78, 5) is 14.9. The number of likely N-dealkylation sites (tertiary alicyclic amines) is 1. The van der Waals surface area contributed by atoms with Crippen molar-refractivity contribution in [2.45, 2.75) is 25.3 Å². The van der Waals surface area contributed by atoms with E-state index in [0.29, 0.717) is 23.8 Å². The summed E-state index contributed by atoms with van der Waals surface area (Å²) in [6, 6.07) is 7.49. The molecule has 1 aliphatic rings. The molecule has 0 radical (unpaired) electrons. The zero-order valence-corrected chi connectivity index (χ0v) is 17.8. The van der Waals surface area contributed by atoms with E-state index in [1.165, 1.54) is 25.3 Å². The molecule has 7 nitrogen and oxygen atoms in total. The van der Waals surface area contributed by atoms with E-state index in [9.17, 15) is 4.79 Å². The minimum Gasteiger partial charge on any atom is -0.493 e. The fraction of sp³-hybridized carbons (Fsp3) is 0.435. The topological polar surface area (TPSA) is 73.2 Å². The fourth-order valence-electron chi connectivity index (χ4n) is 3.75. The Kier molecular flexibility index (Phi) is 7.79. The second-order valence-electron chi connectivity index (χ2n) is 7.17. The number of benzene rings is 1. The molecule has 30 heavy (non-hydrogen) atoms. The number of piperidine rings is 1. The van der Waals surface area contributed by atoms with E-state index in [4.69, 9.17) is 18.6 Å². The van der Waals surface area contributed by atoms with Gasteiger partial charge in [-0.3, -0.25) is 9.69 Å². The van der Waals surface area contributed by atoms with Gasteiger partial charge >= 0.3 is 0 Å². The lowest BCUT2D eigenvalue weighted by Crippen LogP contribution is -2.40. The SMILES string of the molecule is COc1cc(/C=C/C(=O)NCC(c2ccco2)N2CCCCC2)cc(OC)c1OC. The monoisotopic (exact) mass is 414 g/mol. The predicted octanol–water partition coefficient (Wildman–Crippen LogP) is 3.66. The molecule has 1 aromatic carbocycles. The van der Waals surface area contributed by atoms with Gasteiger partial charge in [-0.1, -0.05) is 6.42 Å². The number of carbonyl (C=O) groups excluding carboxylic acids is 1. The summed E-state index contributed by atoms with van der Waals surface area (Å²) in [6.45, 7) is 2.52. The smallest absolute Gasteiger partial charge is 0.244 e. The van der Waals surface area contributed by atoms with Crippen LogP contribution in [0.5, 0.6) is 17.2 Å². The normalized spacial score (nSPS) is 15.7. The van der Waals surface area contributed by atoms with Crippen molar-refractivity contribution < 1.29 is 23.4 Å². The summed E-state index contributed by atoms with van der Waals surface area (Å²) in [6.07, 6.45) is 8.51. The van der Waals surface area contributed by atoms with Gasteiger partial charge in [-0.05, 0) is 61.8 Å². The van der Waals surface area contributed by atoms with Crippen molar-refractivity contribution >= 4 is 12.0 Å². The third-order valence-electron chi connectivity index (χ3n) is 5.29. The Morgan fingerprint density at radius 2 is 1.83 bits per heavy atom. The van der Waals surface area contributed by atoms with Crippen LogP contribution in [0.2, 0.25) is 0 Å². The van der Waals surface area contributed by atoms with Crippen molar-refractivity contribution in [1.82, 2.24) is 10.2 Å². The Morgan fingerprint density at radius 1 is 1.13 bits per heavy atom. The largest absolute Gasteiger partial charge is 0.493 e. The van der Waals surface area contributed by atoms with E-state index in [1.807, 2.05) is 12.1 Å². The lowest BCUT2D eigenvalue weighted by atomic mass is 10.1. The fourth-order valence-corrected chi connectivity index (χ4v) is 3.75. The number of nitrogens with one attached hydrogen (secondary N) is 1. The van der Waals surface area contributed by atoms with Crippen LogP contribution in [-0.2, 0) is 4.79 Å². The molecule has 7 heteroatoms. The first-order chi connectivity index (χ1) is 14.7. The van der Waals surface area contributed by atoms with Gasteiger partial charge in [0.2, 0.25) is 11.7 Å². The van der Waals surface area contributed by atoms with Gasteiger partial charge in [-0.25, -0.2) is 0 Å². The second kappa shape index (κ2) is 10.7. The van der Waals surface area contributed by atoms with Crippen molar-refractivity contribution in [3.8, 4) is 17.2 Å². The highest BCUT2D eigenvalue weighted by molar-refractivity contribution is 5.91. The van der Waals surface area contributed by atoms with E-state index in [-0.39, 0.29) is 11.9 Å². The molecule has 0 spiro atoms. The number of carbonyl (C=O) groups is 1. The van der Waals surface area contributed by atoms with Gasteiger partial charge in [0.1, 0.15) is 5.76 Å². The van der Waals surface area contributed by atoms with Crippen LogP contribution >= 0.6 is 0 Å². The summed E-state index contributed by atoms with van der Waals surface area (Å²) in [7, 11) is 4.68. The number of hydrogen-bond acceptors (Lipinski definition) is 6. The molecule has 0 bridgehead atoms. The minimum absolute atomic E-state index is 0.0406. The average Bonchev–Trinajstić information content (AvgIpc) is 3.32. The molecule has 1 N–H and O–H groups in total. The number of ether oxygens (including phenoxy) is 3. The summed E-state index contributed by atoms with van der Waals surface area (Å²) >= 11 is 0. The maximum absolute atomic E-state index is 12.5. The van der Waals surface area contributed by atoms with Gasteiger partial charge in [0.05, 0.1) is 33.6 Å². The number of rotatable bonds is 9.